The summed E-state index contributed by atoms with van der Waals surface area (Å²) in [5, 5.41) is 8.53. The number of anilines is 1. The maximum absolute atomic E-state index is 12.4. The fourth-order valence-corrected chi connectivity index (χ4v) is 2.75. The second-order valence-corrected chi connectivity index (χ2v) is 6.88. The molecule has 160 valence electrons. The van der Waals surface area contributed by atoms with E-state index >= 15 is 0 Å². The number of hydrogen-bond acceptors (Lipinski definition) is 5. The van der Waals surface area contributed by atoms with Crippen molar-refractivity contribution >= 4 is 34.8 Å². The number of ether oxygens (including phenoxy) is 2. The van der Waals surface area contributed by atoms with Crippen LogP contribution in [0, 0.1) is 0 Å². The SMILES string of the molecule is CCCOc1cccc(C(=O)NC(=S)Nc2cccc(C(=O)NCCCOC)c2)c1. The fourth-order valence-electron chi connectivity index (χ4n) is 2.54. The lowest BCUT2D eigenvalue weighted by molar-refractivity contribution is 0.0946. The molecule has 0 unspecified atom stereocenters. The highest BCUT2D eigenvalue weighted by molar-refractivity contribution is 7.80. The second-order valence-electron chi connectivity index (χ2n) is 6.47. The van der Waals surface area contributed by atoms with Crippen LogP contribution in [0.5, 0.6) is 5.75 Å². The summed E-state index contributed by atoms with van der Waals surface area (Å²) in [4.78, 5) is 24.7. The minimum absolute atomic E-state index is 0.137. The number of carbonyl (C=O) groups excluding carboxylic acids is 2. The van der Waals surface area contributed by atoms with Gasteiger partial charge in [-0.3, -0.25) is 14.9 Å². The molecule has 0 saturated heterocycles. The molecule has 30 heavy (non-hydrogen) atoms. The third-order valence-corrected chi connectivity index (χ3v) is 4.19. The third kappa shape index (κ3) is 7.81. The van der Waals surface area contributed by atoms with Crippen LogP contribution in [-0.2, 0) is 4.74 Å². The molecule has 7 nitrogen and oxygen atoms in total. The first kappa shape index (κ1) is 23.3. The Morgan fingerprint density at radius 2 is 1.73 bits per heavy atom. The van der Waals surface area contributed by atoms with Crippen molar-refractivity contribution in [1.29, 1.82) is 0 Å². The molecule has 0 fully saturated rings. The number of benzene rings is 2. The van der Waals surface area contributed by atoms with E-state index in [9.17, 15) is 9.59 Å². The lowest BCUT2D eigenvalue weighted by Gasteiger charge is -2.12. The molecule has 0 aliphatic rings. The predicted octanol–water partition coefficient (Wildman–Crippen LogP) is 3.37. The topological polar surface area (TPSA) is 88.7 Å². The highest BCUT2D eigenvalue weighted by atomic mass is 32.1. The van der Waals surface area contributed by atoms with Crippen molar-refractivity contribution < 1.29 is 19.1 Å². The van der Waals surface area contributed by atoms with Crippen LogP contribution in [0.4, 0.5) is 5.69 Å². The van der Waals surface area contributed by atoms with Crippen molar-refractivity contribution in [2.75, 3.05) is 32.2 Å². The number of hydrogen-bond donors (Lipinski definition) is 3. The normalized spacial score (nSPS) is 10.2. The Bertz CT molecular complexity index is 873. The van der Waals surface area contributed by atoms with Gasteiger partial charge in [-0.25, -0.2) is 0 Å². The van der Waals surface area contributed by atoms with Gasteiger partial charge in [0.05, 0.1) is 6.61 Å². The zero-order valence-electron chi connectivity index (χ0n) is 17.2. The number of thiocarbonyl (C=S) groups is 1. The number of amides is 2. The van der Waals surface area contributed by atoms with Gasteiger partial charge in [0, 0.05) is 37.1 Å². The Morgan fingerprint density at radius 1 is 1.00 bits per heavy atom. The van der Waals surface area contributed by atoms with E-state index in [1.165, 1.54) is 0 Å². The first-order chi connectivity index (χ1) is 14.5. The van der Waals surface area contributed by atoms with E-state index in [1.54, 1.807) is 55.6 Å². The van der Waals surface area contributed by atoms with Crippen LogP contribution in [0.3, 0.4) is 0 Å². The van der Waals surface area contributed by atoms with Gasteiger partial charge in [-0.05, 0) is 61.5 Å². The average Bonchev–Trinajstić information content (AvgIpc) is 2.75. The van der Waals surface area contributed by atoms with E-state index in [1.807, 2.05) is 6.92 Å². The molecule has 8 heteroatoms. The Morgan fingerprint density at radius 3 is 2.47 bits per heavy atom. The van der Waals surface area contributed by atoms with Crippen LogP contribution in [0.25, 0.3) is 0 Å². The molecular formula is C22H27N3O4S. The van der Waals surface area contributed by atoms with Crippen LogP contribution in [0.15, 0.2) is 48.5 Å². The molecule has 0 spiro atoms. The molecular weight excluding hydrogens is 402 g/mol. The standard InChI is InChI=1S/C22H27N3O4S/c1-3-12-29-19-10-5-8-17(15-19)21(27)25-22(30)24-18-9-4-7-16(14-18)20(26)23-11-6-13-28-2/h4-5,7-10,14-15H,3,6,11-13H2,1-2H3,(H,23,26)(H2,24,25,27,30). The molecule has 0 bridgehead atoms. The van der Waals surface area contributed by atoms with Crippen LogP contribution in [0.1, 0.15) is 40.5 Å². The van der Waals surface area contributed by atoms with Crippen molar-refractivity contribution in [3.05, 3.63) is 59.7 Å². The fraction of sp³-hybridized carbons (Fsp3) is 0.318. The van der Waals surface area contributed by atoms with E-state index in [0.29, 0.717) is 42.3 Å². The van der Waals surface area contributed by atoms with Gasteiger partial charge in [-0.1, -0.05) is 19.1 Å². The van der Waals surface area contributed by atoms with Crippen LogP contribution < -0.4 is 20.7 Å². The first-order valence-electron chi connectivity index (χ1n) is 9.76. The summed E-state index contributed by atoms with van der Waals surface area (Å²) in [6, 6.07) is 13.8. The number of rotatable bonds is 10. The summed E-state index contributed by atoms with van der Waals surface area (Å²) in [6.07, 6.45) is 1.62. The van der Waals surface area contributed by atoms with Crippen molar-refractivity contribution in [2.24, 2.45) is 0 Å². The van der Waals surface area contributed by atoms with Gasteiger partial charge < -0.3 is 20.1 Å². The minimum atomic E-state index is -0.346. The number of carbonyl (C=O) groups is 2. The van der Waals surface area contributed by atoms with E-state index in [0.717, 1.165) is 12.8 Å². The number of nitrogens with one attached hydrogen (secondary N) is 3. The molecule has 2 amide bonds. The van der Waals surface area contributed by atoms with E-state index in [-0.39, 0.29) is 16.9 Å². The zero-order chi connectivity index (χ0) is 21.8. The molecule has 0 aliphatic heterocycles. The molecule has 2 aromatic rings. The predicted molar refractivity (Wildman–Crippen MR) is 121 cm³/mol. The van der Waals surface area contributed by atoms with Crippen molar-refractivity contribution in [1.82, 2.24) is 10.6 Å². The highest BCUT2D eigenvalue weighted by Gasteiger charge is 2.10. The molecule has 2 aromatic carbocycles. The summed E-state index contributed by atoms with van der Waals surface area (Å²) >= 11 is 5.23. The largest absolute Gasteiger partial charge is 0.494 e. The number of methoxy groups -OCH3 is 1. The zero-order valence-corrected chi connectivity index (χ0v) is 18.0. The maximum Gasteiger partial charge on any atom is 0.257 e. The lowest BCUT2D eigenvalue weighted by Crippen LogP contribution is -2.34. The summed E-state index contributed by atoms with van der Waals surface area (Å²) < 4.78 is 10.5. The highest BCUT2D eigenvalue weighted by Crippen LogP contribution is 2.14. The Kier molecular flexibility index (Phi) is 9.76. The van der Waals surface area contributed by atoms with Crippen LogP contribution >= 0.6 is 12.2 Å². The Balaban J connectivity index is 1.91. The smallest absolute Gasteiger partial charge is 0.257 e. The molecule has 0 radical (unpaired) electrons. The second kappa shape index (κ2) is 12.6. The minimum Gasteiger partial charge on any atom is -0.494 e. The van der Waals surface area contributed by atoms with Gasteiger partial charge >= 0.3 is 0 Å². The monoisotopic (exact) mass is 429 g/mol. The maximum atomic E-state index is 12.4. The molecule has 0 aromatic heterocycles. The molecule has 3 N–H and O–H groups in total. The average molecular weight is 430 g/mol. The van der Waals surface area contributed by atoms with Crippen molar-refractivity contribution in [3.8, 4) is 5.75 Å². The molecule has 0 heterocycles. The molecule has 0 saturated carbocycles. The summed E-state index contributed by atoms with van der Waals surface area (Å²) in [6.45, 7) is 3.71. The molecule has 0 atom stereocenters. The molecule has 0 aliphatic carbocycles. The van der Waals surface area contributed by atoms with E-state index in [4.69, 9.17) is 21.7 Å². The van der Waals surface area contributed by atoms with Crippen molar-refractivity contribution in [2.45, 2.75) is 19.8 Å². The van der Waals surface area contributed by atoms with E-state index < -0.39 is 0 Å². The van der Waals surface area contributed by atoms with Crippen LogP contribution in [0.2, 0.25) is 0 Å². The third-order valence-electron chi connectivity index (χ3n) is 3.99. The summed E-state index contributed by atoms with van der Waals surface area (Å²) in [5.74, 6) is 0.0997. The summed E-state index contributed by atoms with van der Waals surface area (Å²) in [7, 11) is 1.62. The molecule has 2 rings (SSSR count). The van der Waals surface area contributed by atoms with Gasteiger partial charge in [0.1, 0.15) is 5.75 Å². The lowest BCUT2D eigenvalue weighted by atomic mass is 10.2. The van der Waals surface area contributed by atoms with Gasteiger partial charge in [0.2, 0.25) is 0 Å². The van der Waals surface area contributed by atoms with Gasteiger partial charge in [-0.2, -0.15) is 0 Å². The Labute approximate surface area is 182 Å². The van der Waals surface area contributed by atoms with Gasteiger partial charge in [0.25, 0.3) is 11.8 Å². The van der Waals surface area contributed by atoms with Crippen LogP contribution in [-0.4, -0.2) is 43.8 Å². The van der Waals surface area contributed by atoms with E-state index in [2.05, 4.69) is 16.0 Å². The first-order valence-corrected chi connectivity index (χ1v) is 10.2. The summed E-state index contributed by atoms with van der Waals surface area (Å²) in [5.41, 5.74) is 1.54. The Hall–Kier alpha value is -2.97. The van der Waals surface area contributed by atoms with Gasteiger partial charge in [0.15, 0.2) is 5.11 Å². The quantitative estimate of drug-likeness (QED) is 0.396. The van der Waals surface area contributed by atoms with Crippen molar-refractivity contribution in [3.63, 3.8) is 0 Å². The van der Waals surface area contributed by atoms with Gasteiger partial charge in [-0.15, -0.1) is 0 Å².